The van der Waals surface area contributed by atoms with Crippen LogP contribution >= 0.6 is 0 Å². The maximum Gasteiger partial charge on any atom is 0.287 e. The van der Waals surface area contributed by atoms with E-state index >= 15 is 0 Å². The van der Waals surface area contributed by atoms with Crippen LogP contribution in [0.1, 0.15) is 10.4 Å². The van der Waals surface area contributed by atoms with Gasteiger partial charge in [-0.25, -0.2) is 4.57 Å². The summed E-state index contributed by atoms with van der Waals surface area (Å²) in [6.07, 6.45) is 3.57. The highest BCUT2D eigenvalue weighted by Gasteiger charge is 2.12. The molecule has 0 saturated heterocycles. The van der Waals surface area contributed by atoms with Gasteiger partial charge in [0.25, 0.3) is 6.33 Å². The zero-order chi connectivity index (χ0) is 20.1. The number of Topliss-reactive ketones (excluding diaryl/α,β-unsaturated/α-hetero) is 1. The molecule has 0 spiro atoms. The van der Waals surface area contributed by atoms with Gasteiger partial charge >= 0.3 is 0 Å². The molecule has 0 aliphatic heterocycles. The maximum atomic E-state index is 12.5. The van der Waals surface area contributed by atoms with E-state index in [4.69, 9.17) is 4.74 Å². The second-order valence-corrected chi connectivity index (χ2v) is 6.72. The summed E-state index contributed by atoms with van der Waals surface area (Å²) >= 11 is 0. The number of ether oxygens (including phenoxy) is 1. The van der Waals surface area contributed by atoms with Crippen molar-refractivity contribution in [2.45, 2.75) is 6.54 Å². The van der Waals surface area contributed by atoms with Gasteiger partial charge in [-0.05, 0) is 40.4 Å². The molecule has 0 aliphatic rings. The van der Waals surface area contributed by atoms with E-state index in [1.165, 1.54) is 11.1 Å². The predicted molar refractivity (Wildman–Crippen MR) is 113 cm³/mol. The Bertz CT molecular complexity index is 1110. The molecule has 3 aromatic carbocycles. The normalized spacial score (nSPS) is 10.2. The van der Waals surface area contributed by atoms with E-state index in [0.29, 0.717) is 11.3 Å². The number of ketones is 1. The molecular formula is C25H21BrN2O2. The van der Waals surface area contributed by atoms with Crippen LogP contribution in [0.4, 0.5) is 0 Å². The molecule has 1 heterocycles. The Kier molecular flexibility index (Phi) is 7.09. The van der Waals surface area contributed by atoms with Crippen LogP contribution < -0.4 is 26.3 Å². The first-order valence-corrected chi connectivity index (χ1v) is 9.41. The van der Waals surface area contributed by atoms with E-state index in [1.54, 1.807) is 30.1 Å². The number of carbonyl (C=O) groups is 1. The van der Waals surface area contributed by atoms with Crippen molar-refractivity contribution < 1.29 is 31.1 Å². The Morgan fingerprint density at radius 3 is 2.23 bits per heavy atom. The average molecular weight is 461 g/mol. The van der Waals surface area contributed by atoms with Gasteiger partial charge in [0.2, 0.25) is 5.78 Å². The third kappa shape index (κ3) is 4.99. The third-order valence-corrected chi connectivity index (χ3v) is 4.77. The van der Waals surface area contributed by atoms with Crippen molar-refractivity contribution >= 4 is 5.78 Å². The van der Waals surface area contributed by atoms with Gasteiger partial charge in [-0.1, -0.05) is 54.6 Å². The molecule has 30 heavy (non-hydrogen) atoms. The number of hydrogen-bond acceptors (Lipinski definition) is 3. The summed E-state index contributed by atoms with van der Waals surface area (Å²) in [4.78, 5) is 17.0. The number of benzene rings is 3. The fourth-order valence-electron chi connectivity index (χ4n) is 3.17. The van der Waals surface area contributed by atoms with Crippen molar-refractivity contribution in [2.75, 3.05) is 7.11 Å². The zero-order valence-electron chi connectivity index (χ0n) is 16.5. The topological polar surface area (TPSA) is 43.1 Å². The quantitative estimate of drug-likeness (QED) is 0.324. The molecule has 0 N–H and O–H groups in total. The summed E-state index contributed by atoms with van der Waals surface area (Å²) < 4.78 is 6.97. The summed E-state index contributed by atoms with van der Waals surface area (Å²) in [6.45, 7) is 0.230. The van der Waals surface area contributed by atoms with E-state index in [1.807, 2.05) is 42.6 Å². The molecule has 0 radical (unpaired) electrons. The van der Waals surface area contributed by atoms with Gasteiger partial charge in [0.1, 0.15) is 5.75 Å². The average Bonchev–Trinajstić information content (AvgIpc) is 2.80. The lowest BCUT2D eigenvalue weighted by molar-refractivity contribution is -0.686. The Morgan fingerprint density at radius 2 is 1.57 bits per heavy atom. The standard InChI is InChI=1S/C25H21N2O2.BrH/c1-29-23-9-5-8-22(16-23)25(28)17-27-15-14-24(26-18-27)21-12-10-20(11-13-21)19-6-3-2-4-7-19;/h2-16,18H,17H2,1H3;1H/q+1;/p-1. The second kappa shape index (κ2) is 9.94. The highest BCUT2D eigenvalue weighted by atomic mass is 79.9. The van der Waals surface area contributed by atoms with Gasteiger partial charge in [-0.2, -0.15) is 0 Å². The third-order valence-electron chi connectivity index (χ3n) is 4.77. The highest BCUT2D eigenvalue weighted by molar-refractivity contribution is 5.95. The largest absolute Gasteiger partial charge is 1.00 e. The van der Waals surface area contributed by atoms with Crippen LogP contribution in [0.5, 0.6) is 5.75 Å². The lowest BCUT2D eigenvalue weighted by Gasteiger charge is -2.04. The van der Waals surface area contributed by atoms with Gasteiger partial charge in [-0.3, -0.25) is 4.79 Å². The van der Waals surface area contributed by atoms with Crippen molar-refractivity contribution in [3.63, 3.8) is 0 Å². The van der Waals surface area contributed by atoms with E-state index in [9.17, 15) is 4.79 Å². The minimum atomic E-state index is 0. The molecule has 0 bridgehead atoms. The molecule has 4 rings (SSSR count). The maximum absolute atomic E-state index is 12.5. The van der Waals surface area contributed by atoms with Crippen molar-refractivity contribution in [2.24, 2.45) is 0 Å². The minimum absolute atomic E-state index is 0. The van der Waals surface area contributed by atoms with Crippen LogP contribution in [0.3, 0.4) is 0 Å². The van der Waals surface area contributed by atoms with Crippen LogP contribution in [-0.2, 0) is 6.54 Å². The second-order valence-electron chi connectivity index (χ2n) is 6.72. The van der Waals surface area contributed by atoms with Crippen molar-refractivity contribution in [3.8, 4) is 28.1 Å². The first kappa shape index (κ1) is 21.4. The molecule has 150 valence electrons. The lowest BCUT2D eigenvalue weighted by atomic mass is 10.0. The molecule has 0 aliphatic carbocycles. The fraction of sp³-hybridized carbons (Fsp3) is 0.0800. The van der Waals surface area contributed by atoms with Crippen molar-refractivity contribution in [1.29, 1.82) is 0 Å². The monoisotopic (exact) mass is 460 g/mol. The first-order valence-electron chi connectivity index (χ1n) is 9.41. The molecule has 0 fully saturated rings. The molecule has 0 saturated carbocycles. The van der Waals surface area contributed by atoms with E-state index in [-0.39, 0.29) is 29.3 Å². The number of nitrogens with zero attached hydrogens (tertiary/aromatic N) is 2. The summed E-state index contributed by atoms with van der Waals surface area (Å²) in [5.74, 6) is 0.684. The summed E-state index contributed by atoms with van der Waals surface area (Å²) in [5.41, 5.74) is 4.89. The molecule has 5 heteroatoms. The van der Waals surface area contributed by atoms with Crippen LogP contribution in [0.15, 0.2) is 97.5 Å². The van der Waals surface area contributed by atoms with Gasteiger partial charge in [0, 0.05) is 17.2 Å². The van der Waals surface area contributed by atoms with Gasteiger partial charge in [-0.15, -0.1) is 0 Å². The lowest BCUT2D eigenvalue weighted by Crippen LogP contribution is -3.00. The predicted octanol–water partition coefficient (Wildman–Crippen LogP) is 1.60. The van der Waals surface area contributed by atoms with E-state index in [0.717, 1.165) is 11.3 Å². The Balaban J connectivity index is 0.00000256. The number of aromatic nitrogens is 2. The Labute approximate surface area is 186 Å². The summed E-state index contributed by atoms with van der Waals surface area (Å²) in [5, 5.41) is 0. The van der Waals surface area contributed by atoms with Crippen LogP contribution in [0.2, 0.25) is 0 Å². The zero-order valence-corrected chi connectivity index (χ0v) is 18.1. The van der Waals surface area contributed by atoms with E-state index < -0.39 is 0 Å². The number of halogens is 1. The number of rotatable bonds is 6. The molecule has 1 aromatic heterocycles. The number of methoxy groups -OCH3 is 1. The molecule has 0 atom stereocenters. The van der Waals surface area contributed by atoms with Gasteiger partial charge in [0.15, 0.2) is 12.2 Å². The molecule has 4 aromatic rings. The molecular weight excluding hydrogens is 440 g/mol. The van der Waals surface area contributed by atoms with Crippen LogP contribution in [-0.4, -0.2) is 17.9 Å². The smallest absolute Gasteiger partial charge is 0.287 e. The first-order chi connectivity index (χ1) is 14.2. The Morgan fingerprint density at radius 1 is 0.867 bits per heavy atom. The van der Waals surface area contributed by atoms with Gasteiger partial charge in [0.05, 0.1) is 13.3 Å². The molecule has 0 amide bonds. The number of hydrogen-bond donors (Lipinski definition) is 0. The molecule has 4 nitrogen and oxygen atoms in total. The Hall–Kier alpha value is -3.31. The number of carbonyl (C=O) groups excluding carboxylic acids is 1. The van der Waals surface area contributed by atoms with Crippen LogP contribution in [0, 0.1) is 0 Å². The summed E-state index contributed by atoms with van der Waals surface area (Å²) in [6, 6.07) is 27.7. The van der Waals surface area contributed by atoms with Gasteiger partial charge < -0.3 is 21.7 Å². The summed E-state index contributed by atoms with van der Waals surface area (Å²) in [7, 11) is 1.59. The van der Waals surface area contributed by atoms with Crippen molar-refractivity contribution in [3.05, 3.63) is 103 Å². The fourth-order valence-corrected chi connectivity index (χ4v) is 3.17. The van der Waals surface area contributed by atoms with E-state index in [2.05, 4.69) is 41.4 Å². The van der Waals surface area contributed by atoms with Crippen molar-refractivity contribution in [1.82, 2.24) is 4.98 Å². The minimum Gasteiger partial charge on any atom is -1.00 e. The van der Waals surface area contributed by atoms with Crippen LogP contribution in [0.25, 0.3) is 22.4 Å². The molecule has 0 unspecified atom stereocenters. The highest BCUT2D eigenvalue weighted by Crippen LogP contribution is 2.23. The SMILES string of the molecule is COc1cccc(C(=O)C[n+]2ccc(-c3ccc(-c4ccccc4)cc3)nc2)c1.[Br-].